The van der Waals surface area contributed by atoms with Crippen molar-refractivity contribution in [2.45, 2.75) is 12.8 Å². The van der Waals surface area contributed by atoms with Gasteiger partial charge in [-0.15, -0.1) is 0 Å². The van der Waals surface area contributed by atoms with Gasteiger partial charge in [-0.2, -0.15) is 6.42 Å². The second-order valence-corrected chi connectivity index (χ2v) is 2.93. The first-order valence-electron chi connectivity index (χ1n) is 3.97. The molecule has 0 heterocycles. The summed E-state index contributed by atoms with van der Waals surface area (Å²) in [5, 5.41) is 0. The molecule has 0 saturated heterocycles. The molecule has 0 spiro atoms. The van der Waals surface area contributed by atoms with Crippen LogP contribution >= 0.6 is 0 Å². The van der Waals surface area contributed by atoms with Crippen LogP contribution in [0.4, 0.5) is 0 Å². The molecule has 12 heavy (non-hydrogen) atoms. The number of hydrogen-bond donors (Lipinski definition) is 0. The van der Waals surface area contributed by atoms with Crippen LogP contribution in [0.5, 0.6) is 0 Å². The average Bonchev–Trinajstić information content (AvgIpc) is 2.46. The molecule has 0 bridgehead atoms. The maximum absolute atomic E-state index is 3.88. The maximum Gasteiger partial charge on any atom is 2.00 e. The Morgan fingerprint density at radius 1 is 1.25 bits per heavy atom. The normalized spacial score (nSPS) is 13.2. The summed E-state index contributed by atoms with van der Waals surface area (Å²) < 4.78 is 0. The Morgan fingerprint density at radius 2 is 2.00 bits per heavy atom. The molecular formula is C11H11W+. The van der Waals surface area contributed by atoms with Gasteiger partial charge in [-0.25, -0.2) is 0 Å². The van der Waals surface area contributed by atoms with Crippen molar-refractivity contribution in [1.82, 2.24) is 0 Å². The molecule has 0 atom stereocenters. The van der Waals surface area contributed by atoms with Crippen LogP contribution in [-0.4, -0.2) is 0 Å². The molecule has 0 unspecified atom stereocenters. The Bertz CT molecular complexity index is 300. The maximum atomic E-state index is 3.88. The van der Waals surface area contributed by atoms with Gasteiger partial charge >= 0.3 is 21.1 Å². The predicted molar refractivity (Wildman–Crippen MR) is 48.1 cm³/mol. The quantitative estimate of drug-likeness (QED) is 0.696. The molecule has 2 rings (SSSR count). The van der Waals surface area contributed by atoms with Gasteiger partial charge in [0.25, 0.3) is 0 Å². The Kier molecular flexibility index (Phi) is 3.28. The molecule has 0 saturated carbocycles. The van der Waals surface area contributed by atoms with Gasteiger partial charge in [-0.05, 0) is 17.5 Å². The van der Waals surface area contributed by atoms with Crippen LogP contribution in [0, 0.1) is 6.92 Å². The summed E-state index contributed by atoms with van der Waals surface area (Å²) in [6.45, 7) is 3.88. The zero-order valence-electron chi connectivity index (χ0n) is 6.92. The van der Waals surface area contributed by atoms with Gasteiger partial charge in [-0.1, -0.05) is 35.9 Å². The minimum atomic E-state index is 0. The van der Waals surface area contributed by atoms with Crippen LogP contribution < -0.4 is 0 Å². The Labute approximate surface area is 87.9 Å². The fraction of sp³-hybridized carbons (Fsp3) is 0.182. The molecule has 60 valence electrons. The molecule has 0 amide bonds. The monoisotopic (exact) mass is 327 g/mol. The second kappa shape index (κ2) is 4.05. The molecule has 0 aromatic heterocycles. The van der Waals surface area contributed by atoms with Crippen LogP contribution in [0.1, 0.15) is 17.5 Å². The summed E-state index contributed by atoms with van der Waals surface area (Å²) in [6.07, 6.45) is 4.30. The number of rotatable bonds is 1. The van der Waals surface area contributed by atoms with Gasteiger partial charge in [-0.3, -0.25) is 0 Å². The number of allylic oxidation sites excluding steroid dienone is 1. The van der Waals surface area contributed by atoms with E-state index < -0.39 is 0 Å². The van der Waals surface area contributed by atoms with Gasteiger partial charge in [0.05, 0.1) is 0 Å². The second-order valence-electron chi connectivity index (χ2n) is 2.93. The molecule has 1 aliphatic carbocycles. The van der Waals surface area contributed by atoms with Crippen LogP contribution in [0.25, 0.3) is 6.08 Å². The van der Waals surface area contributed by atoms with E-state index in [0.717, 1.165) is 12.8 Å². The topological polar surface area (TPSA) is 0 Å². The molecular weight excluding hydrogens is 316 g/mol. The average molecular weight is 327 g/mol. The molecule has 1 aliphatic rings. The number of benzene rings is 1. The molecule has 0 fully saturated rings. The molecule has 0 nitrogen and oxygen atoms in total. The third-order valence-corrected chi connectivity index (χ3v) is 2.15. The van der Waals surface area contributed by atoms with Crippen molar-refractivity contribution in [3.05, 3.63) is 47.9 Å². The minimum Gasteiger partial charge on any atom is -0.339 e. The Hall–Kier alpha value is -0.352. The predicted octanol–water partition coefficient (Wildman–Crippen LogP) is 2.85. The molecule has 0 radical (unpaired) electrons. The summed E-state index contributed by atoms with van der Waals surface area (Å²) >= 11 is 0. The van der Waals surface area contributed by atoms with Crippen molar-refractivity contribution in [3.63, 3.8) is 0 Å². The van der Waals surface area contributed by atoms with Crippen LogP contribution in [0.3, 0.4) is 0 Å². The van der Waals surface area contributed by atoms with E-state index >= 15 is 0 Å². The van der Waals surface area contributed by atoms with Crippen LogP contribution in [0.2, 0.25) is 0 Å². The molecule has 1 aromatic carbocycles. The van der Waals surface area contributed by atoms with Gasteiger partial charge in [0.1, 0.15) is 0 Å². The number of fused-ring (bicyclic) bond motifs is 1. The van der Waals surface area contributed by atoms with Gasteiger partial charge in [0, 0.05) is 0 Å². The van der Waals surface area contributed by atoms with Gasteiger partial charge in [0.15, 0.2) is 0 Å². The van der Waals surface area contributed by atoms with Crippen LogP contribution in [-0.2, 0) is 27.5 Å². The van der Waals surface area contributed by atoms with Crippen molar-refractivity contribution < 1.29 is 21.1 Å². The third kappa shape index (κ3) is 1.69. The van der Waals surface area contributed by atoms with E-state index in [1.807, 2.05) is 0 Å². The van der Waals surface area contributed by atoms with Crippen molar-refractivity contribution in [1.29, 1.82) is 0 Å². The molecule has 0 aliphatic heterocycles. The summed E-state index contributed by atoms with van der Waals surface area (Å²) in [7, 11) is 0. The largest absolute Gasteiger partial charge is 2.00 e. The number of hydrogen-bond acceptors (Lipinski definition) is 0. The summed E-state index contributed by atoms with van der Waals surface area (Å²) in [4.78, 5) is 0. The minimum absolute atomic E-state index is 0. The van der Waals surface area contributed by atoms with E-state index in [1.54, 1.807) is 0 Å². The first kappa shape index (κ1) is 9.73. The van der Waals surface area contributed by atoms with E-state index in [1.165, 1.54) is 16.7 Å². The zero-order chi connectivity index (χ0) is 7.68. The van der Waals surface area contributed by atoms with Crippen molar-refractivity contribution >= 4 is 6.08 Å². The molecule has 1 heteroatoms. The van der Waals surface area contributed by atoms with E-state index in [9.17, 15) is 0 Å². The molecule has 1 aromatic rings. The first-order chi connectivity index (χ1) is 5.40. The Morgan fingerprint density at radius 3 is 2.67 bits per heavy atom. The zero-order valence-corrected chi connectivity index (χ0v) is 9.85. The van der Waals surface area contributed by atoms with Crippen molar-refractivity contribution in [3.8, 4) is 0 Å². The summed E-state index contributed by atoms with van der Waals surface area (Å²) in [5.41, 5.74) is 4.28. The fourth-order valence-corrected chi connectivity index (χ4v) is 1.51. The SMILES string of the molecule is [CH2-]CC1=Cc2ccccc2C1.[W+2]. The van der Waals surface area contributed by atoms with Gasteiger partial charge < -0.3 is 6.92 Å². The Balaban J connectivity index is 0.000000720. The van der Waals surface area contributed by atoms with E-state index in [-0.39, 0.29) is 21.1 Å². The van der Waals surface area contributed by atoms with Gasteiger partial charge in [0.2, 0.25) is 0 Å². The first-order valence-corrected chi connectivity index (χ1v) is 3.97. The van der Waals surface area contributed by atoms with E-state index in [2.05, 4.69) is 37.3 Å². The smallest absolute Gasteiger partial charge is 0.339 e. The third-order valence-electron chi connectivity index (χ3n) is 2.15. The summed E-state index contributed by atoms with van der Waals surface area (Å²) in [6, 6.07) is 8.53. The van der Waals surface area contributed by atoms with Crippen molar-refractivity contribution in [2.75, 3.05) is 0 Å². The summed E-state index contributed by atoms with van der Waals surface area (Å²) in [5.74, 6) is 0. The standard InChI is InChI=1S/C11H11.W/c1-2-9-7-10-5-3-4-6-11(10)8-9;/h3-7H,1-2,8H2;/q-1;+2. The fourth-order valence-electron chi connectivity index (χ4n) is 1.51. The van der Waals surface area contributed by atoms with E-state index in [4.69, 9.17) is 0 Å². The van der Waals surface area contributed by atoms with Crippen LogP contribution in [0.15, 0.2) is 29.8 Å². The molecule has 0 N–H and O–H groups in total. The van der Waals surface area contributed by atoms with E-state index in [0.29, 0.717) is 0 Å². The van der Waals surface area contributed by atoms with Crippen molar-refractivity contribution in [2.24, 2.45) is 0 Å².